The van der Waals surface area contributed by atoms with E-state index in [-0.39, 0.29) is 17.2 Å². The van der Waals surface area contributed by atoms with Gasteiger partial charge in [-0.25, -0.2) is 17.8 Å². The molecule has 4 heterocycles. The summed E-state index contributed by atoms with van der Waals surface area (Å²) in [6, 6.07) is 6.78. The Labute approximate surface area is 173 Å². The van der Waals surface area contributed by atoms with Gasteiger partial charge in [-0.05, 0) is 45.0 Å². The summed E-state index contributed by atoms with van der Waals surface area (Å²) >= 11 is 0. The molecule has 3 N–H and O–H groups in total. The zero-order valence-corrected chi connectivity index (χ0v) is 17.5. The zero-order valence-electron chi connectivity index (χ0n) is 16.7. The Morgan fingerprint density at radius 2 is 1.90 bits per heavy atom. The highest BCUT2D eigenvalue weighted by molar-refractivity contribution is 7.93. The van der Waals surface area contributed by atoms with Crippen molar-refractivity contribution in [2.45, 2.75) is 31.1 Å². The summed E-state index contributed by atoms with van der Waals surface area (Å²) in [5.41, 5.74) is 6.65. The number of nitrogens with zero attached hydrogens (tertiary/aromatic N) is 4. The fourth-order valence-corrected chi connectivity index (χ4v) is 5.10. The number of nitrogens with one attached hydrogen (secondary N) is 1. The molecular formula is C20H21FN6O2S. The smallest absolute Gasteiger partial charge is 0.165 e. The molecule has 0 bridgehead atoms. The molecule has 0 fully saturated rings. The topological polar surface area (TPSA) is 123 Å². The highest BCUT2D eigenvalue weighted by Crippen LogP contribution is 2.38. The van der Waals surface area contributed by atoms with Crippen LogP contribution in [0.25, 0.3) is 11.0 Å². The summed E-state index contributed by atoms with van der Waals surface area (Å²) < 4.78 is 39.1. The first-order valence-electron chi connectivity index (χ1n) is 9.24. The number of aromatic nitrogens is 3. The SMILES string of the molecule is CC1(C)C(N)=N[C@](C)(c2cc(Nc3ccnc4cccnc34)ncc2F)CS1(=O)=O. The number of rotatable bonds is 3. The van der Waals surface area contributed by atoms with Crippen LogP contribution in [-0.2, 0) is 15.4 Å². The van der Waals surface area contributed by atoms with Gasteiger partial charge in [0.1, 0.15) is 33.3 Å². The normalized spacial score (nSPS) is 22.5. The molecule has 8 nitrogen and oxygen atoms in total. The van der Waals surface area contributed by atoms with E-state index < -0.39 is 25.9 Å². The van der Waals surface area contributed by atoms with Gasteiger partial charge in [-0.15, -0.1) is 0 Å². The zero-order chi connectivity index (χ0) is 21.7. The van der Waals surface area contributed by atoms with Gasteiger partial charge >= 0.3 is 0 Å². The van der Waals surface area contributed by atoms with Crippen LogP contribution in [0.5, 0.6) is 0 Å². The molecule has 4 rings (SSSR count). The number of nitrogens with two attached hydrogens (primary N) is 1. The second-order valence-electron chi connectivity index (χ2n) is 7.94. The molecule has 0 saturated heterocycles. The lowest BCUT2D eigenvalue weighted by atomic mass is 9.94. The van der Waals surface area contributed by atoms with Gasteiger partial charge in [-0.3, -0.25) is 15.0 Å². The Morgan fingerprint density at radius 1 is 1.13 bits per heavy atom. The minimum absolute atomic E-state index is 0.0497. The van der Waals surface area contributed by atoms with Gasteiger partial charge in [-0.2, -0.15) is 0 Å². The number of pyridine rings is 3. The summed E-state index contributed by atoms with van der Waals surface area (Å²) in [7, 11) is -3.66. The highest BCUT2D eigenvalue weighted by Gasteiger charge is 2.49. The van der Waals surface area contributed by atoms with E-state index in [1.54, 1.807) is 31.5 Å². The third-order valence-electron chi connectivity index (χ3n) is 5.43. The van der Waals surface area contributed by atoms with Crippen LogP contribution >= 0.6 is 0 Å². The molecule has 0 saturated carbocycles. The van der Waals surface area contributed by atoms with Gasteiger partial charge in [0.15, 0.2) is 9.84 Å². The maximum atomic E-state index is 14.7. The van der Waals surface area contributed by atoms with Gasteiger partial charge in [0.2, 0.25) is 0 Å². The van der Waals surface area contributed by atoms with E-state index in [4.69, 9.17) is 5.73 Å². The van der Waals surface area contributed by atoms with Crippen LogP contribution in [0.15, 0.2) is 47.8 Å². The average Bonchev–Trinajstić information content (AvgIpc) is 2.68. The Morgan fingerprint density at radius 3 is 2.63 bits per heavy atom. The van der Waals surface area contributed by atoms with Crippen LogP contribution in [0.4, 0.5) is 15.9 Å². The summed E-state index contributed by atoms with van der Waals surface area (Å²) in [4.78, 5) is 17.1. The van der Waals surface area contributed by atoms with Crippen LogP contribution in [0.2, 0.25) is 0 Å². The van der Waals surface area contributed by atoms with Crippen molar-refractivity contribution in [3.05, 3.63) is 54.2 Å². The molecular weight excluding hydrogens is 407 g/mol. The lowest BCUT2D eigenvalue weighted by Crippen LogP contribution is -2.55. The molecule has 0 amide bonds. The Balaban J connectivity index is 1.79. The van der Waals surface area contributed by atoms with Crippen LogP contribution < -0.4 is 11.1 Å². The van der Waals surface area contributed by atoms with E-state index in [2.05, 4.69) is 25.3 Å². The van der Waals surface area contributed by atoms with Crippen molar-refractivity contribution in [1.29, 1.82) is 0 Å². The lowest BCUT2D eigenvalue weighted by molar-refractivity contribution is 0.474. The van der Waals surface area contributed by atoms with Crippen molar-refractivity contribution in [2.75, 3.05) is 11.1 Å². The monoisotopic (exact) mass is 428 g/mol. The van der Waals surface area contributed by atoms with Gasteiger partial charge < -0.3 is 11.1 Å². The number of hydrogen-bond donors (Lipinski definition) is 2. The molecule has 156 valence electrons. The van der Waals surface area contributed by atoms with Crippen LogP contribution in [0.3, 0.4) is 0 Å². The second-order valence-corrected chi connectivity index (χ2v) is 10.5. The fraction of sp³-hybridized carbons (Fsp3) is 0.300. The third-order valence-corrected chi connectivity index (χ3v) is 8.13. The maximum Gasteiger partial charge on any atom is 0.165 e. The van der Waals surface area contributed by atoms with E-state index in [1.807, 2.05) is 6.07 Å². The van der Waals surface area contributed by atoms with E-state index in [0.717, 1.165) is 6.20 Å². The Kier molecular flexibility index (Phi) is 4.50. The van der Waals surface area contributed by atoms with Crippen LogP contribution in [0.1, 0.15) is 26.3 Å². The number of halogens is 1. The van der Waals surface area contributed by atoms with E-state index in [9.17, 15) is 12.8 Å². The molecule has 10 heteroatoms. The van der Waals surface area contributed by atoms with Crippen molar-refractivity contribution in [3.8, 4) is 0 Å². The molecule has 0 radical (unpaired) electrons. The summed E-state index contributed by atoms with van der Waals surface area (Å²) in [5.74, 6) is -0.756. The fourth-order valence-electron chi connectivity index (χ4n) is 3.42. The van der Waals surface area contributed by atoms with Crippen molar-refractivity contribution >= 4 is 38.2 Å². The molecule has 1 atom stereocenters. The quantitative estimate of drug-likeness (QED) is 0.657. The maximum absolute atomic E-state index is 14.7. The van der Waals surface area contributed by atoms with Gasteiger partial charge in [0.05, 0.1) is 23.2 Å². The van der Waals surface area contributed by atoms with Crippen LogP contribution in [-0.4, -0.2) is 39.7 Å². The molecule has 0 aliphatic carbocycles. The van der Waals surface area contributed by atoms with Crippen LogP contribution in [0, 0.1) is 5.82 Å². The molecule has 0 aromatic carbocycles. The third kappa shape index (κ3) is 3.17. The molecule has 0 unspecified atom stereocenters. The van der Waals surface area contributed by atoms with E-state index >= 15 is 0 Å². The Bertz CT molecular complexity index is 1290. The first-order chi connectivity index (χ1) is 14.0. The average molecular weight is 428 g/mol. The molecule has 1 aliphatic heterocycles. The van der Waals surface area contributed by atoms with Crippen molar-refractivity contribution in [3.63, 3.8) is 0 Å². The predicted octanol–water partition coefficient (Wildman–Crippen LogP) is 2.69. The lowest BCUT2D eigenvalue weighted by Gasteiger charge is -2.37. The minimum Gasteiger partial charge on any atom is -0.386 e. The number of aliphatic imine (C=N–C) groups is 1. The first-order valence-corrected chi connectivity index (χ1v) is 10.9. The standard InChI is InChI=1S/C20H21FN6O2S/c1-19(2)18(22)27-20(3,11-30(19,28)29)12-9-16(25-10-13(12)21)26-15-6-8-23-14-5-4-7-24-17(14)15/h4-10H,11H2,1-3H3,(H2,22,27)(H,23,25,26)/t20-/m0/s1. The molecule has 30 heavy (non-hydrogen) atoms. The summed E-state index contributed by atoms with van der Waals surface area (Å²) in [6.45, 7) is 4.55. The number of fused-ring (bicyclic) bond motifs is 1. The molecule has 0 spiro atoms. The Hall–Kier alpha value is -3.14. The largest absolute Gasteiger partial charge is 0.386 e. The van der Waals surface area contributed by atoms with Gasteiger partial charge in [0, 0.05) is 18.0 Å². The minimum atomic E-state index is -3.66. The van der Waals surface area contributed by atoms with Gasteiger partial charge in [0.25, 0.3) is 0 Å². The molecule has 1 aliphatic rings. The van der Waals surface area contributed by atoms with Gasteiger partial charge in [-0.1, -0.05) is 0 Å². The van der Waals surface area contributed by atoms with E-state index in [0.29, 0.717) is 22.5 Å². The highest BCUT2D eigenvalue weighted by atomic mass is 32.2. The summed E-state index contributed by atoms with van der Waals surface area (Å²) in [5, 5.41) is 3.11. The van der Waals surface area contributed by atoms with E-state index in [1.165, 1.54) is 19.9 Å². The molecule has 3 aromatic rings. The second kappa shape index (κ2) is 6.69. The number of anilines is 2. The summed E-state index contributed by atoms with van der Waals surface area (Å²) in [6.07, 6.45) is 4.31. The number of sulfone groups is 1. The van der Waals surface area contributed by atoms with Crippen molar-refractivity contribution in [1.82, 2.24) is 15.0 Å². The first kappa shape index (κ1) is 20.1. The number of amidine groups is 1. The van der Waals surface area contributed by atoms with Crippen molar-refractivity contribution < 1.29 is 12.8 Å². The molecule has 3 aromatic heterocycles. The van der Waals surface area contributed by atoms with Crippen molar-refractivity contribution in [2.24, 2.45) is 10.7 Å². The predicted molar refractivity (Wildman–Crippen MR) is 114 cm³/mol. The number of hydrogen-bond acceptors (Lipinski definition) is 8.